The van der Waals surface area contributed by atoms with Gasteiger partial charge in [0.25, 0.3) is 5.91 Å². The molecular weight excluding hydrogens is 253 g/mol. The molecule has 0 atom stereocenters. The van der Waals surface area contributed by atoms with Gasteiger partial charge in [-0.25, -0.2) is 4.39 Å². The molecule has 0 aliphatic heterocycles. The van der Waals surface area contributed by atoms with Crippen molar-refractivity contribution in [2.75, 3.05) is 6.54 Å². The summed E-state index contributed by atoms with van der Waals surface area (Å²) in [4.78, 5) is 12.5. The molecule has 1 aliphatic carbocycles. The third-order valence-electron chi connectivity index (χ3n) is 3.42. The lowest BCUT2D eigenvalue weighted by Crippen LogP contribution is -2.31. The van der Waals surface area contributed by atoms with Crippen molar-refractivity contribution in [2.45, 2.75) is 45.2 Å². The van der Waals surface area contributed by atoms with Crippen molar-refractivity contribution in [3.05, 3.63) is 10.6 Å². The van der Waals surface area contributed by atoms with E-state index in [1.807, 2.05) is 6.92 Å². The SMILES string of the molecule is CCc1nnsc1C(=O)NCC1CCC(F)CC1. The molecule has 0 aromatic carbocycles. The minimum absolute atomic E-state index is 0.0933. The molecule has 0 bridgehead atoms. The molecule has 1 N–H and O–H groups in total. The van der Waals surface area contributed by atoms with E-state index in [1.54, 1.807) is 0 Å². The number of hydrogen-bond donors (Lipinski definition) is 1. The normalized spacial score (nSPS) is 23.9. The maximum Gasteiger partial charge on any atom is 0.264 e. The van der Waals surface area contributed by atoms with Crippen molar-refractivity contribution < 1.29 is 9.18 Å². The second-order valence-electron chi connectivity index (χ2n) is 4.73. The summed E-state index contributed by atoms with van der Waals surface area (Å²) in [6, 6.07) is 0. The summed E-state index contributed by atoms with van der Waals surface area (Å²) in [6.07, 6.45) is 3.05. The van der Waals surface area contributed by atoms with Crippen LogP contribution in [0, 0.1) is 5.92 Å². The number of halogens is 1. The second-order valence-corrected chi connectivity index (χ2v) is 5.48. The maximum absolute atomic E-state index is 13.0. The van der Waals surface area contributed by atoms with Gasteiger partial charge in [-0.05, 0) is 49.6 Å². The largest absolute Gasteiger partial charge is 0.351 e. The van der Waals surface area contributed by atoms with Gasteiger partial charge in [-0.3, -0.25) is 4.79 Å². The lowest BCUT2D eigenvalue weighted by molar-refractivity contribution is 0.0942. The Labute approximate surface area is 110 Å². The Balaban J connectivity index is 1.81. The molecule has 1 fully saturated rings. The summed E-state index contributed by atoms with van der Waals surface area (Å²) in [6.45, 7) is 2.59. The number of nitrogens with zero attached hydrogens (tertiary/aromatic N) is 2. The molecule has 2 rings (SSSR count). The predicted octanol–water partition coefficient (Wildman–Crippen LogP) is 2.36. The molecule has 4 nitrogen and oxygen atoms in total. The number of aromatic nitrogens is 2. The average molecular weight is 271 g/mol. The van der Waals surface area contributed by atoms with Gasteiger partial charge in [0.05, 0.1) is 5.69 Å². The zero-order valence-electron chi connectivity index (χ0n) is 10.5. The van der Waals surface area contributed by atoms with Crippen LogP contribution in [-0.4, -0.2) is 28.2 Å². The number of rotatable bonds is 4. The van der Waals surface area contributed by atoms with Crippen molar-refractivity contribution in [1.29, 1.82) is 0 Å². The van der Waals surface area contributed by atoms with E-state index in [1.165, 1.54) is 0 Å². The molecule has 1 saturated carbocycles. The summed E-state index contributed by atoms with van der Waals surface area (Å²) in [7, 11) is 0. The van der Waals surface area contributed by atoms with Crippen molar-refractivity contribution in [3.8, 4) is 0 Å². The molecule has 6 heteroatoms. The number of hydrogen-bond acceptors (Lipinski definition) is 4. The monoisotopic (exact) mass is 271 g/mol. The van der Waals surface area contributed by atoms with Crippen LogP contribution in [0.2, 0.25) is 0 Å². The van der Waals surface area contributed by atoms with E-state index < -0.39 is 6.17 Å². The minimum Gasteiger partial charge on any atom is -0.351 e. The maximum atomic E-state index is 13.0. The summed E-state index contributed by atoms with van der Waals surface area (Å²) in [5.41, 5.74) is 0.755. The van der Waals surface area contributed by atoms with E-state index in [4.69, 9.17) is 0 Å². The molecule has 1 amide bonds. The van der Waals surface area contributed by atoms with Crippen LogP contribution < -0.4 is 5.32 Å². The zero-order valence-corrected chi connectivity index (χ0v) is 11.3. The lowest BCUT2D eigenvalue weighted by Gasteiger charge is -2.24. The molecule has 0 saturated heterocycles. The van der Waals surface area contributed by atoms with Gasteiger partial charge in [-0.15, -0.1) is 5.10 Å². The number of alkyl halides is 1. The van der Waals surface area contributed by atoms with E-state index in [9.17, 15) is 9.18 Å². The van der Waals surface area contributed by atoms with Gasteiger partial charge >= 0.3 is 0 Å². The average Bonchev–Trinajstić information content (AvgIpc) is 2.86. The number of carbonyl (C=O) groups is 1. The fraction of sp³-hybridized carbons (Fsp3) is 0.750. The van der Waals surface area contributed by atoms with Crippen LogP contribution in [-0.2, 0) is 6.42 Å². The molecule has 18 heavy (non-hydrogen) atoms. The molecule has 0 radical (unpaired) electrons. The Morgan fingerprint density at radius 3 is 2.83 bits per heavy atom. The van der Waals surface area contributed by atoms with Crippen LogP contribution in [0.15, 0.2) is 0 Å². The van der Waals surface area contributed by atoms with Crippen LogP contribution in [0.1, 0.15) is 48.0 Å². The highest BCUT2D eigenvalue weighted by Gasteiger charge is 2.22. The molecule has 1 heterocycles. The summed E-state index contributed by atoms with van der Waals surface area (Å²) in [5.74, 6) is 0.316. The van der Waals surface area contributed by atoms with Gasteiger partial charge in [0, 0.05) is 6.54 Å². The highest BCUT2D eigenvalue weighted by molar-refractivity contribution is 7.08. The quantitative estimate of drug-likeness (QED) is 0.914. The third kappa shape index (κ3) is 3.25. The molecule has 0 unspecified atom stereocenters. The fourth-order valence-electron chi connectivity index (χ4n) is 2.26. The molecule has 100 valence electrons. The highest BCUT2D eigenvalue weighted by Crippen LogP contribution is 2.25. The number of nitrogens with one attached hydrogen (secondary N) is 1. The van der Waals surface area contributed by atoms with Crippen LogP contribution in [0.4, 0.5) is 4.39 Å². The zero-order chi connectivity index (χ0) is 13.0. The number of aryl methyl sites for hydroxylation is 1. The topological polar surface area (TPSA) is 54.9 Å². The predicted molar refractivity (Wildman–Crippen MR) is 68.5 cm³/mol. The third-order valence-corrected chi connectivity index (χ3v) is 4.19. The van der Waals surface area contributed by atoms with E-state index in [0.29, 0.717) is 36.6 Å². The molecule has 1 aromatic rings. The second kappa shape index (κ2) is 6.22. The van der Waals surface area contributed by atoms with Crippen LogP contribution >= 0.6 is 11.5 Å². The number of carbonyl (C=O) groups excluding carboxylic acids is 1. The van der Waals surface area contributed by atoms with Crippen molar-refractivity contribution in [1.82, 2.24) is 14.9 Å². The first-order chi connectivity index (χ1) is 8.70. The van der Waals surface area contributed by atoms with E-state index in [0.717, 1.165) is 30.1 Å². The van der Waals surface area contributed by atoms with Crippen LogP contribution in [0.25, 0.3) is 0 Å². The van der Waals surface area contributed by atoms with Crippen LogP contribution in [0.5, 0.6) is 0 Å². The summed E-state index contributed by atoms with van der Waals surface area (Å²) in [5, 5.41) is 6.83. The van der Waals surface area contributed by atoms with Gasteiger partial charge in [0.15, 0.2) is 0 Å². The van der Waals surface area contributed by atoms with Crippen molar-refractivity contribution in [3.63, 3.8) is 0 Å². The van der Waals surface area contributed by atoms with E-state index in [-0.39, 0.29) is 5.91 Å². The van der Waals surface area contributed by atoms with Gasteiger partial charge in [-0.2, -0.15) is 0 Å². The molecule has 1 aliphatic rings. The Morgan fingerprint density at radius 2 is 2.17 bits per heavy atom. The smallest absolute Gasteiger partial charge is 0.264 e. The van der Waals surface area contributed by atoms with E-state index >= 15 is 0 Å². The van der Waals surface area contributed by atoms with Crippen LogP contribution in [0.3, 0.4) is 0 Å². The Hall–Kier alpha value is -1.04. The first-order valence-corrected chi connectivity index (χ1v) is 7.21. The number of amides is 1. The van der Waals surface area contributed by atoms with Gasteiger partial charge in [0.1, 0.15) is 11.0 Å². The molecule has 1 aromatic heterocycles. The molecular formula is C12H18FN3OS. The first kappa shape index (κ1) is 13.4. The Kier molecular flexibility index (Phi) is 4.63. The Bertz CT molecular complexity index is 402. The van der Waals surface area contributed by atoms with Gasteiger partial charge in [0.2, 0.25) is 0 Å². The van der Waals surface area contributed by atoms with Gasteiger partial charge in [-0.1, -0.05) is 11.4 Å². The standard InChI is InChI=1S/C12H18FN3OS/c1-2-10-11(18-16-15-10)12(17)14-7-8-3-5-9(13)6-4-8/h8-9H,2-7H2,1H3,(H,14,17). The first-order valence-electron chi connectivity index (χ1n) is 6.44. The van der Waals surface area contributed by atoms with E-state index in [2.05, 4.69) is 14.9 Å². The van der Waals surface area contributed by atoms with Crippen molar-refractivity contribution in [2.24, 2.45) is 5.92 Å². The summed E-state index contributed by atoms with van der Waals surface area (Å²) < 4.78 is 16.8. The Morgan fingerprint density at radius 1 is 1.44 bits per heavy atom. The molecule has 0 spiro atoms. The highest BCUT2D eigenvalue weighted by atomic mass is 32.1. The van der Waals surface area contributed by atoms with Gasteiger partial charge < -0.3 is 5.32 Å². The van der Waals surface area contributed by atoms with Crippen molar-refractivity contribution >= 4 is 17.4 Å². The fourth-order valence-corrected chi connectivity index (χ4v) is 2.92. The lowest BCUT2D eigenvalue weighted by atomic mass is 9.88. The minimum atomic E-state index is -0.644. The summed E-state index contributed by atoms with van der Waals surface area (Å²) >= 11 is 1.14.